The van der Waals surface area contributed by atoms with Crippen LogP contribution in [-0.4, -0.2) is 6.54 Å². The zero-order chi connectivity index (χ0) is 11.3. The van der Waals surface area contributed by atoms with Crippen LogP contribution in [0, 0.1) is 5.82 Å². The van der Waals surface area contributed by atoms with E-state index in [0.717, 1.165) is 24.9 Å². The van der Waals surface area contributed by atoms with Gasteiger partial charge in [0.25, 0.3) is 0 Å². The largest absolute Gasteiger partial charge is 0.310 e. The average molecular weight is 230 g/mol. The van der Waals surface area contributed by atoms with Crippen LogP contribution in [0.4, 0.5) is 4.39 Å². The van der Waals surface area contributed by atoms with Crippen LogP contribution in [0.2, 0.25) is 5.02 Å². The first kappa shape index (κ1) is 12.5. The van der Waals surface area contributed by atoms with E-state index in [1.54, 1.807) is 6.07 Å². The van der Waals surface area contributed by atoms with E-state index in [1.165, 1.54) is 12.1 Å². The molecule has 1 unspecified atom stereocenters. The van der Waals surface area contributed by atoms with Gasteiger partial charge in [0.1, 0.15) is 5.82 Å². The van der Waals surface area contributed by atoms with Crippen molar-refractivity contribution >= 4 is 11.6 Å². The lowest BCUT2D eigenvalue weighted by Gasteiger charge is -2.18. The van der Waals surface area contributed by atoms with Crippen molar-refractivity contribution in [2.24, 2.45) is 0 Å². The molecule has 1 N–H and O–H groups in total. The smallest absolute Gasteiger partial charge is 0.123 e. The molecule has 1 rings (SSSR count). The lowest BCUT2D eigenvalue weighted by atomic mass is 10.0. The van der Waals surface area contributed by atoms with Crippen molar-refractivity contribution in [1.82, 2.24) is 5.32 Å². The molecular weight excluding hydrogens is 213 g/mol. The van der Waals surface area contributed by atoms with Crippen molar-refractivity contribution in [3.63, 3.8) is 0 Å². The van der Waals surface area contributed by atoms with Gasteiger partial charge in [-0.25, -0.2) is 4.39 Å². The zero-order valence-corrected chi connectivity index (χ0v) is 9.94. The summed E-state index contributed by atoms with van der Waals surface area (Å²) in [5.41, 5.74) is 0.861. The zero-order valence-electron chi connectivity index (χ0n) is 9.19. The van der Waals surface area contributed by atoms with E-state index in [-0.39, 0.29) is 11.9 Å². The van der Waals surface area contributed by atoms with Crippen LogP contribution >= 0.6 is 11.6 Å². The van der Waals surface area contributed by atoms with Crippen LogP contribution in [0.1, 0.15) is 38.3 Å². The van der Waals surface area contributed by atoms with Gasteiger partial charge in [0.05, 0.1) is 0 Å². The van der Waals surface area contributed by atoms with E-state index >= 15 is 0 Å². The second-order valence-electron chi connectivity index (χ2n) is 3.56. The summed E-state index contributed by atoms with van der Waals surface area (Å²) >= 11 is 6.06. The van der Waals surface area contributed by atoms with Gasteiger partial charge in [0, 0.05) is 11.1 Å². The Bertz CT molecular complexity index is 308. The predicted molar refractivity (Wildman–Crippen MR) is 62.7 cm³/mol. The highest BCUT2D eigenvalue weighted by Gasteiger charge is 2.13. The maximum Gasteiger partial charge on any atom is 0.123 e. The molecule has 0 radical (unpaired) electrons. The van der Waals surface area contributed by atoms with Crippen LogP contribution in [0.15, 0.2) is 18.2 Å². The maximum atomic E-state index is 13.1. The Balaban J connectivity index is 2.93. The fraction of sp³-hybridized carbons (Fsp3) is 0.500. The molecule has 0 saturated heterocycles. The number of hydrogen-bond acceptors (Lipinski definition) is 1. The minimum Gasteiger partial charge on any atom is -0.310 e. The lowest BCUT2D eigenvalue weighted by molar-refractivity contribution is 0.505. The summed E-state index contributed by atoms with van der Waals surface area (Å²) in [6.07, 6.45) is 2.02. The van der Waals surface area contributed by atoms with Gasteiger partial charge in [-0.05, 0) is 36.7 Å². The van der Waals surface area contributed by atoms with Crippen LogP contribution in [0.3, 0.4) is 0 Å². The molecule has 0 saturated carbocycles. The van der Waals surface area contributed by atoms with E-state index < -0.39 is 0 Å². The van der Waals surface area contributed by atoms with Gasteiger partial charge in [-0.1, -0.05) is 31.9 Å². The van der Waals surface area contributed by atoms with Gasteiger partial charge < -0.3 is 5.32 Å². The topological polar surface area (TPSA) is 12.0 Å². The van der Waals surface area contributed by atoms with Gasteiger partial charge >= 0.3 is 0 Å². The summed E-state index contributed by atoms with van der Waals surface area (Å²) in [6, 6.07) is 4.68. The highest BCUT2D eigenvalue weighted by molar-refractivity contribution is 6.31. The van der Waals surface area contributed by atoms with Crippen molar-refractivity contribution < 1.29 is 4.39 Å². The maximum absolute atomic E-state index is 13.1. The second kappa shape index (κ2) is 6.09. The van der Waals surface area contributed by atoms with Crippen LogP contribution in [-0.2, 0) is 0 Å². The first-order chi connectivity index (χ1) is 7.19. The number of halogens is 2. The molecule has 0 heterocycles. The van der Waals surface area contributed by atoms with Gasteiger partial charge in [0.15, 0.2) is 0 Å². The monoisotopic (exact) mass is 229 g/mol. The van der Waals surface area contributed by atoms with Crippen LogP contribution in [0.5, 0.6) is 0 Å². The van der Waals surface area contributed by atoms with Crippen molar-refractivity contribution in [3.8, 4) is 0 Å². The van der Waals surface area contributed by atoms with Crippen LogP contribution < -0.4 is 5.32 Å². The summed E-state index contributed by atoms with van der Waals surface area (Å²) in [4.78, 5) is 0. The van der Waals surface area contributed by atoms with Gasteiger partial charge in [-0.2, -0.15) is 0 Å². The molecule has 1 atom stereocenters. The quantitative estimate of drug-likeness (QED) is 0.807. The summed E-state index contributed by atoms with van der Waals surface area (Å²) in [5, 5.41) is 3.95. The third kappa shape index (κ3) is 3.47. The Morgan fingerprint density at radius 2 is 2.13 bits per heavy atom. The summed E-state index contributed by atoms with van der Waals surface area (Å²) in [5.74, 6) is -0.228. The third-order valence-electron chi connectivity index (χ3n) is 2.36. The number of benzene rings is 1. The molecule has 0 fully saturated rings. The molecule has 1 aromatic rings. The Hall–Kier alpha value is -0.600. The third-order valence-corrected chi connectivity index (χ3v) is 2.71. The van der Waals surface area contributed by atoms with E-state index in [4.69, 9.17) is 11.6 Å². The predicted octanol–water partition coefficient (Wildman–Crippen LogP) is 3.93. The minimum atomic E-state index is -0.228. The van der Waals surface area contributed by atoms with Gasteiger partial charge in [-0.15, -0.1) is 0 Å². The molecule has 0 aliphatic rings. The fourth-order valence-corrected chi connectivity index (χ4v) is 1.93. The molecule has 1 nitrogen and oxygen atoms in total. The number of hydrogen-bond donors (Lipinski definition) is 1. The standard InChI is InChI=1S/C12H17ClFN/c1-3-5-12(15-4-2)10-8-9(14)6-7-11(10)13/h6-8,12,15H,3-5H2,1-2H3. The first-order valence-corrected chi connectivity index (χ1v) is 5.75. The normalized spacial score (nSPS) is 12.8. The molecule has 0 amide bonds. The highest BCUT2D eigenvalue weighted by Crippen LogP contribution is 2.26. The van der Waals surface area contributed by atoms with E-state index in [0.29, 0.717) is 5.02 Å². The lowest BCUT2D eigenvalue weighted by Crippen LogP contribution is -2.21. The number of nitrogens with one attached hydrogen (secondary N) is 1. The molecule has 1 aromatic carbocycles. The van der Waals surface area contributed by atoms with Crippen LogP contribution in [0.25, 0.3) is 0 Å². The van der Waals surface area contributed by atoms with Crippen molar-refractivity contribution in [1.29, 1.82) is 0 Å². The summed E-state index contributed by atoms with van der Waals surface area (Å²) in [6.45, 7) is 5.00. The van der Waals surface area contributed by atoms with E-state index in [1.807, 2.05) is 6.92 Å². The van der Waals surface area contributed by atoms with Gasteiger partial charge in [0.2, 0.25) is 0 Å². The van der Waals surface area contributed by atoms with E-state index in [2.05, 4.69) is 12.2 Å². The average Bonchev–Trinajstić information content (AvgIpc) is 2.21. The minimum absolute atomic E-state index is 0.156. The number of rotatable bonds is 5. The Morgan fingerprint density at radius 3 is 2.73 bits per heavy atom. The molecule has 0 aromatic heterocycles. The molecular formula is C12H17ClFN. The highest BCUT2D eigenvalue weighted by atomic mass is 35.5. The molecule has 0 bridgehead atoms. The molecule has 0 aliphatic carbocycles. The fourth-order valence-electron chi connectivity index (χ4n) is 1.68. The Morgan fingerprint density at radius 1 is 1.40 bits per heavy atom. The Labute approximate surface area is 95.6 Å². The summed E-state index contributed by atoms with van der Waals surface area (Å²) < 4.78 is 13.1. The summed E-state index contributed by atoms with van der Waals surface area (Å²) in [7, 11) is 0. The molecule has 84 valence electrons. The second-order valence-corrected chi connectivity index (χ2v) is 3.97. The van der Waals surface area contributed by atoms with Crippen molar-refractivity contribution in [2.45, 2.75) is 32.7 Å². The van der Waals surface area contributed by atoms with Crippen molar-refractivity contribution in [2.75, 3.05) is 6.54 Å². The molecule has 0 spiro atoms. The van der Waals surface area contributed by atoms with E-state index in [9.17, 15) is 4.39 Å². The SMILES string of the molecule is CCCC(NCC)c1cc(F)ccc1Cl. The first-order valence-electron chi connectivity index (χ1n) is 5.37. The molecule has 0 aliphatic heterocycles. The van der Waals surface area contributed by atoms with Crippen molar-refractivity contribution in [3.05, 3.63) is 34.6 Å². The molecule has 15 heavy (non-hydrogen) atoms. The Kier molecular flexibility index (Phi) is 5.06. The van der Waals surface area contributed by atoms with Gasteiger partial charge in [-0.3, -0.25) is 0 Å². The molecule has 3 heteroatoms.